The Morgan fingerprint density at radius 3 is 2.56 bits per heavy atom. The molecule has 0 saturated carbocycles. The Labute approximate surface area is 202 Å². The molecule has 0 aliphatic carbocycles. The fourth-order valence-electron chi connectivity index (χ4n) is 3.29. The third kappa shape index (κ3) is 4.60. The third-order valence-electron chi connectivity index (χ3n) is 4.83. The lowest BCUT2D eigenvalue weighted by molar-refractivity contribution is -0.117. The van der Waals surface area contributed by atoms with E-state index >= 15 is 0 Å². The minimum atomic E-state index is -4.17. The summed E-state index contributed by atoms with van der Waals surface area (Å²) in [6.45, 7) is 0. The first-order valence-corrected chi connectivity index (χ1v) is 12.2. The van der Waals surface area contributed by atoms with Crippen molar-refractivity contribution in [3.8, 4) is 5.75 Å². The molecule has 4 rings (SSSR count). The molecule has 2 heterocycles. The molecule has 0 saturated heterocycles. The van der Waals surface area contributed by atoms with E-state index in [1.807, 2.05) is 0 Å². The number of amides is 4. The van der Waals surface area contributed by atoms with Crippen LogP contribution in [0.15, 0.2) is 52.7 Å². The van der Waals surface area contributed by atoms with E-state index in [0.717, 1.165) is 23.5 Å². The van der Waals surface area contributed by atoms with Gasteiger partial charge in [0.05, 0.1) is 23.6 Å². The van der Waals surface area contributed by atoms with Gasteiger partial charge in [-0.3, -0.25) is 9.59 Å². The highest BCUT2D eigenvalue weighted by atomic mass is 35.5. The van der Waals surface area contributed by atoms with Crippen molar-refractivity contribution in [3.05, 3.63) is 69.8 Å². The zero-order valence-electron chi connectivity index (χ0n) is 17.3. The molecule has 1 aromatic heterocycles. The van der Waals surface area contributed by atoms with Crippen molar-refractivity contribution < 1.29 is 31.9 Å². The molecular formula is C21H15ClFN3O6S2. The number of halogens is 2. The fourth-order valence-corrected chi connectivity index (χ4v) is 5.68. The quantitative estimate of drug-likeness (QED) is 0.491. The van der Waals surface area contributed by atoms with Gasteiger partial charge in [-0.15, -0.1) is 11.3 Å². The van der Waals surface area contributed by atoms with E-state index in [4.69, 9.17) is 16.3 Å². The number of carbonyl (C=O) groups is 3. The van der Waals surface area contributed by atoms with Gasteiger partial charge in [0.15, 0.2) is 0 Å². The lowest BCUT2D eigenvalue weighted by Gasteiger charge is -2.27. The summed E-state index contributed by atoms with van der Waals surface area (Å²) >= 11 is 6.48. The molecule has 0 spiro atoms. The number of methoxy groups -OCH3 is 1. The highest BCUT2D eigenvalue weighted by Gasteiger charge is 2.34. The van der Waals surface area contributed by atoms with Gasteiger partial charge in [-0.1, -0.05) is 17.7 Å². The van der Waals surface area contributed by atoms with Crippen LogP contribution in [0, 0.1) is 5.82 Å². The average Bonchev–Trinajstić information content (AvgIpc) is 3.22. The molecule has 2 N–H and O–H groups in total. The largest absolute Gasteiger partial charge is 0.497 e. The Balaban J connectivity index is 1.53. The topological polar surface area (TPSA) is 122 Å². The van der Waals surface area contributed by atoms with E-state index in [-0.39, 0.29) is 31.9 Å². The van der Waals surface area contributed by atoms with Gasteiger partial charge in [0.25, 0.3) is 15.9 Å². The van der Waals surface area contributed by atoms with Gasteiger partial charge in [0, 0.05) is 11.3 Å². The van der Waals surface area contributed by atoms with Crippen molar-refractivity contribution in [2.45, 2.75) is 10.6 Å². The zero-order valence-corrected chi connectivity index (χ0v) is 19.7. The summed E-state index contributed by atoms with van der Waals surface area (Å²) in [5.74, 6) is -1.91. The highest BCUT2D eigenvalue weighted by Crippen LogP contribution is 2.31. The van der Waals surface area contributed by atoms with Gasteiger partial charge >= 0.3 is 6.03 Å². The number of thiophene rings is 1. The lowest BCUT2D eigenvalue weighted by atomic mass is 9.97. The van der Waals surface area contributed by atoms with Crippen LogP contribution in [0.25, 0.3) is 0 Å². The van der Waals surface area contributed by atoms with E-state index in [1.165, 1.54) is 31.4 Å². The molecule has 1 aliphatic heterocycles. The molecule has 0 atom stereocenters. The summed E-state index contributed by atoms with van der Waals surface area (Å²) in [4.78, 5) is 38.4. The van der Waals surface area contributed by atoms with E-state index in [1.54, 1.807) is 16.9 Å². The second-order valence-electron chi connectivity index (χ2n) is 7.02. The molecule has 1 aliphatic rings. The summed E-state index contributed by atoms with van der Waals surface area (Å²) in [7, 11) is -2.74. The van der Waals surface area contributed by atoms with Crippen molar-refractivity contribution in [1.82, 2.24) is 4.72 Å². The molecular weight excluding hydrogens is 509 g/mol. The number of rotatable bonds is 5. The molecule has 34 heavy (non-hydrogen) atoms. The first-order chi connectivity index (χ1) is 16.1. The summed E-state index contributed by atoms with van der Waals surface area (Å²) < 4.78 is 46.3. The molecule has 3 aromatic rings. The maximum Gasteiger partial charge on any atom is 0.333 e. The van der Waals surface area contributed by atoms with Crippen molar-refractivity contribution >= 4 is 62.2 Å². The van der Waals surface area contributed by atoms with E-state index in [0.29, 0.717) is 16.2 Å². The van der Waals surface area contributed by atoms with Crippen LogP contribution in [0.5, 0.6) is 5.75 Å². The van der Waals surface area contributed by atoms with E-state index in [9.17, 15) is 27.2 Å². The number of nitrogens with zero attached hydrogens (tertiary/aromatic N) is 1. The number of anilines is 2. The number of ether oxygens (including phenoxy) is 1. The van der Waals surface area contributed by atoms with Gasteiger partial charge in [-0.25, -0.2) is 27.2 Å². The van der Waals surface area contributed by atoms with Crippen LogP contribution in [-0.2, 0) is 21.2 Å². The Hall–Kier alpha value is -3.48. The minimum absolute atomic E-state index is 0.0999. The van der Waals surface area contributed by atoms with E-state index < -0.39 is 33.7 Å². The van der Waals surface area contributed by atoms with Crippen molar-refractivity contribution in [3.63, 3.8) is 0 Å². The molecule has 13 heteroatoms. The van der Waals surface area contributed by atoms with Gasteiger partial charge in [0.2, 0.25) is 5.91 Å². The number of carbonyl (C=O) groups excluding carboxylic acids is 3. The number of hydrogen-bond donors (Lipinski definition) is 2. The highest BCUT2D eigenvalue weighted by molar-refractivity contribution is 7.92. The molecule has 0 bridgehead atoms. The Kier molecular flexibility index (Phi) is 6.30. The Morgan fingerprint density at radius 2 is 1.91 bits per heavy atom. The second-order valence-corrected chi connectivity index (χ2v) is 10.6. The third-order valence-corrected chi connectivity index (χ3v) is 7.88. The van der Waals surface area contributed by atoms with Crippen LogP contribution in [0.2, 0.25) is 4.34 Å². The standard InChI is InChI=1S/C21H15ClFN3O6S2/c1-32-13-4-2-11-8-18(27)26(20(28)14(11)10-13)16-5-3-12(9-15(16)23)24-21(29)25-34(30,31)19-7-6-17(22)33-19/h2-7,9-10H,8H2,1H3,(H2,24,25,29). The van der Waals surface area contributed by atoms with Crippen LogP contribution in [0.3, 0.4) is 0 Å². The molecule has 176 valence electrons. The first-order valence-electron chi connectivity index (χ1n) is 9.52. The Bertz CT molecular complexity index is 1440. The number of sulfonamides is 1. The molecule has 4 amide bonds. The molecule has 0 fully saturated rings. The summed E-state index contributed by atoms with van der Waals surface area (Å²) in [6.07, 6.45) is -0.114. The summed E-state index contributed by atoms with van der Waals surface area (Å²) in [5, 5.41) is 2.20. The van der Waals surface area contributed by atoms with Crippen molar-refractivity contribution in [2.75, 3.05) is 17.3 Å². The SMILES string of the molecule is COc1ccc2c(c1)C(=O)N(c1ccc(NC(=O)NS(=O)(=O)c3ccc(Cl)s3)cc1F)C(=O)C2. The van der Waals surface area contributed by atoms with Crippen LogP contribution >= 0.6 is 22.9 Å². The van der Waals surface area contributed by atoms with Crippen LogP contribution in [-0.4, -0.2) is 33.4 Å². The van der Waals surface area contributed by atoms with Gasteiger partial charge in [-0.2, -0.15) is 0 Å². The fraction of sp³-hybridized carbons (Fsp3) is 0.0952. The van der Waals surface area contributed by atoms with Gasteiger partial charge in [0.1, 0.15) is 15.8 Å². The van der Waals surface area contributed by atoms with Crippen LogP contribution in [0.4, 0.5) is 20.6 Å². The minimum Gasteiger partial charge on any atom is -0.497 e. The normalized spacial score (nSPS) is 13.4. The lowest BCUT2D eigenvalue weighted by Crippen LogP contribution is -2.43. The number of benzene rings is 2. The molecule has 9 nitrogen and oxygen atoms in total. The number of hydrogen-bond acceptors (Lipinski definition) is 7. The van der Waals surface area contributed by atoms with Crippen molar-refractivity contribution in [2.24, 2.45) is 0 Å². The average molecular weight is 524 g/mol. The van der Waals surface area contributed by atoms with Crippen LogP contribution < -0.4 is 19.7 Å². The zero-order chi connectivity index (χ0) is 24.6. The first kappa shape index (κ1) is 23.7. The monoisotopic (exact) mass is 523 g/mol. The maximum absolute atomic E-state index is 14.9. The second kappa shape index (κ2) is 9.05. The Morgan fingerprint density at radius 1 is 1.15 bits per heavy atom. The number of nitrogens with one attached hydrogen (secondary N) is 2. The number of imide groups is 1. The van der Waals surface area contributed by atoms with Crippen molar-refractivity contribution in [1.29, 1.82) is 0 Å². The predicted octanol–water partition coefficient (Wildman–Crippen LogP) is 3.79. The maximum atomic E-state index is 14.9. The summed E-state index contributed by atoms with van der Waals surface area (Å²) in [5.41, 5.74) is 0.293. The number of urea groups is 1. The van der Waals surface area contributed by atoms with E-state index in [2.05, 4.69) is 5.32 Å². The van der Waals surface area contributed by atoms with Crippen LogP contribution in [0.1, 0.15) is 15.9 Å². The number of fused-ring (bicyclic) bond motifs is 1. The molecule has 2 aromatic carbocycles. The summed E-state index contributed by atoms with van der Waals surface area (Å²) in [6, 6.07) is 9.38. The molecule has 0 unspecified atom stereocenters. The van der Waals surface area contributed by atoms with Gasteiger partial charge < -0.3 is 10.1 Å². The van der Waals surface area contributed by atoms with Gasteiger partial charge in [-0.05, 0) is 48.0 Å². The predicted molar refractivity (Wildman–Crippen MR) is 124 cm³/mol. The smallest absolute Gasteiger partial charge is 0.333 e. The molecule has 0 radical (unpaired) electrons.